The van der Waals surface area contributed by atoms with Crippen LogP contribution in [0.1, 0.15) is 5.56 Å². The van der Waals surface area contributed by atoms with Gasteiger partial charge in [0.2, 0.25) is 0 Å². The van der Waals surface area contributed by atoms with Crippen molar-refractivity contribution in [1.29, 1.82) is 0 Å². The number of thiophene rings is 1. The van der Waals surface area contributed by atoms with Crippen LogP contribution < -0.4 is 10.8 Å². The number of hydrogen-bond donors (Lipinski definition) is 2. The molecule has 2 heterocycles. The summed E-state index contributed by atoms with van der Waals surface area (Å²) in [5.74, 6) is 0. The average Bonchev–Trinajstić information content (AvgIpc) is 3.11. The van der Waals surface area contributed by atoms with Gasteiger partial charge >= 0.3 is 6.03 Å². The molecule has 1 aromatic carbocycles. The molecule has 0 saturated heterocycles. The van der Waals surface area contributed by atoms with Gasteiger partial charge in [-0.25, -0.2) is 10.3 Å². The Bertz CT molecular complexity index is 761. The van der Waals surface area contributed by atoms with Gasteiger partial charge in [-0.15, -0.1) is 11.3 Å². The Balaban J connectivity index is 1.53. The van der Waals surface area contributed by atoms with Crippen LogP contribution >= 0.6 is 11.3 Å². The summed E-state index contributed by atoms with van der Waals surface area (Å²) in [6.45, 7) is 0.260. The van der Waals surface area contributed by atoms with Crippen LogP contribution in [0, 0.1) is 0 Å². The molecule has 0 unspecified atom stereocenters. The maximum atomic E-state index is 11.8. The first-order valence-corrected chi connectivity index (χ1v) is 7.91. The Labute approximate surface area is 137 Å². The van der Waals surface area contributed by atoms with E-state index in [4.69, 9.17) is 4.84 Å². The molecule has 0 aliphatic rings. The summed E-state index contributed by atoms with van der Waals surface area (Å²) in [4.78, 5) is 22.1. The van der Waals surface area contributed by atoms with E-state index in [9.17, 15) is 4.79 Å². The number of carbonyl (C=O) groups is 1. The quantitative estimate of drug-likeness (QED) is 0.695. The highest BCUT2D eigenvalue weighted by Gasteiger charge is 2.04. The van der Waals surface area contributed by atoms with Gasteiger partial charge in [0, 0.05) is 23.0 Å². The van der Waals surface area contributed by atoms with Crippen LogP contribution in [0.15, 0.2) is 66.3 Å². The molecule has 0 radical (unpaired) electrons. The molecule has 2 amide bonds. The number of hydrogen-bond acceptors (Lipinski definition) is 4. The number of rotatable bonds is 5. The van der Waals surface area contributed by atoms with Crippen LogP contribution in [-0.4, -0.2) is 11.0 Å². The lowest BCUT2D eigenvalue weighted by Gasteiger charge is -2.08. The Morgan fingerprint density at radius 2 is 2.13 bits per heavy atom. The van der Waals surface area contributed by atoms with Gasteiger partial charge in [-0.2, -0.15) is 0 Å². The largest absolute Gasteiger partial charge is 0.343 e. The molecule has 6 heteroatoms. The molecular weight excluding hydrogens is 310 g/mol. The van der Waals surface area contributed by atoms with Crippen molar-refractivity contribution in [3.05, 3.63) is 71.9 Å². The number of aromatic nitrogens is 1. The number of benzene rings is 1. The van der Waals surface area contributed by atoms with Crippen molar-refractivity contribution >= 4 is 23.1 Å². The minimum Gasteiger partial charge on any atom is -0.306 e. The molecule has 116 valence electrons. The Kier molecular flexibility index (Phi) is 4.98. The predicted octanol–water partition coefficient (Wildman–Crippen LogP) is 4.06. The van der Waals surface area contributed by atoms with Crippen molar-refractivity contribution < 1.29 is 9.63 Å². The standard InChI is InChI=1S/C17H15N3O2S/c21-17(20-22-12-13-4-2-8-18-11-13)19-15-6-1-5-14(10-15)16-7-3-9-23-16/h1-11H,12H2,(H2,19,20,21). The average molecular weight is 325 g/mol. The molecule has 0 fully saturated rings. The van der Waals surface area contributed by atoms with Crippen molar-refractivity contribution in [3.63, 3.8) is 0 Å². The maximum absolute atomic E-state index is 11.8. The summed E-state index contributed by atoms with van der Waals surface area (Å²) in [7, 11) is 0. The van der Waals surface area contributed by atoms with E-state index in [0.717, 1.165) is 16.0 Å². The number of pyridine rings is 1. The van der Waals surface area contributed by atoms with Crippen molar-refractivity contribution in [3.8, 4) is 10.4 Å². The van der Waals surface area contributed by atoms with E-state index in [0.29, 0.717) is 5.69 Å². The fourth-order valence-electron chi connectivity index (χ4n) is 2.02. The van der Waals surface area contributed by atoms with Crippen LogP contribution in [0.4, 0.5) is 10.5 Å². The molecular formula is C17H15N3O2S. The normalized spacial score (nSPS) is 10.3. The summed E-state index contributed by atoms with van der Waals surface area (Å²) >= 11 is 1.66. The number of nitrogens with zero attached hydrogens (tertiary/aromatic N) is 1. The lowest BCUT2D eigenvalue weighted by Crippen LogP contribution is -2.28. The van der Waals surface area contributed by atoms with Gasteiger partial charge in [-0.3, -0.25) is 9.82 Å². The van der Waals surface area contributed by atoms with E-state index in [-0.39, 0.29) is 6.61 Å². The summed E-state index contributed by atoms with van der Waals surface area (Å²) in [5, 5.41) is 4.77. The molecule has 0 saturated carbocycles. The topological polar surface area (TPSA) is 63.2 Å². The summed E-state index contributed by atoms with van der Waals surface area (Å²) in [6.07, 6.45) is 3.37. The second-order valence-electron chi connectivity index (χ2n) is 4.76. The van der Waals surface area contributed by atoms with Gasteiger partial charge in [-0.1, -0.05) is 24.3 Å². The molecule has 3 rings (SSSR count). The Hall–Kier alpha value is -2.70. The third kappa shape index (κ3) is 4.38. The molecule has 5 nitrogen and oxygen atoms in total. The van der Waals surface area contributed by atoms with E-state index < -0.39 is 6.03 Å². The van der Waals surface area contributed by atoms with E-state index in [2.05, 4.69) is 15.8 Å². The molecule has 0 atom stereocenters. The first kappa shape index (κ1) is 15.2. The van der Waals surface area contributed by atoms with Crippen molar-refractivity contribution in [1.82, 2.24) is 10.5 Å². The fourth-order valence-corrected chi connectivity index (χ4v) is 2.74. The van der Waals surface area contributed by atoms with Gasteiger partial charge in [0.1, 0.15) is 6.61 Å². The number of urea groups is 1. The maximum Gasteiger partial charge on any atom is 0.343 e. The van der Waals surface area contributed by atoms with E-state index in [1.807, 2.05) is 53.9 Å². The van der Waals surface area contributed by atoms with E-state index >= 15 is 0 Å². The van der Waals surface area contributed by atoms with Gasteiger partial charge in [0.25, 0.3) is 0 Å². The minimum absolute atomic E-state index is 0.260. The smallest absolute Gasteiger partial charge is 0.306 e. The van der Waals surface area contributed by atoms with Gasteiger partial charge in [0.15, 0.2) is 0 Å². The van der Waals surface area contributed by atoms with Crippen molar-refractivity contribution in [2.45, 2.75) is 6.61 Å². The van der Waals surface area contributed by atoms with Gasteiger partial charge < -0.3 is 5.32 Å². The molecule has 0 aliphatic carbocycles. The monoisotopic (exact) mass is 325 g/mol. The fraction of sp³-hybridized carbons (Fsp3) is 0.0588. The summed E-state index contributed by atoms with van der Waals surface area (Å²) in [6, 6.07) is 15.0. The van der Waals surface area contributed by atoms with Crippen LogP contribution in [0.2, 0.25) is 0 Å². The number of anilines is 1. The number of carbonyl (C=O) groups excluding carboxylic acids is 1. The van der Waals surface area contributed by atoms with Crippen LogP contribution in [0.3, 0.4) is 0 Å². The zero-order valence-electron chi connectivity index (χ0n) is 12.2. The van der Waals surface area contributed by atoms with Gasteiger partial charge in [-0.05, 0) is 40.8 Å². The first-order chi connectivity index (χ1) is 11.3. The third-order valence-corrected chi connectivity index (χ3v) is 3.97. The highest BCUT2D eigenvalue weighted by atomic mass is 32.1. The van der Waals surface area contributed by atoms with Crippen molar-refractivity contribution in [2.75, 3.05) is 5.32 Å². The predicted molar refractivity (Wildman–Crippen MR) is 90.9 cm³/mol. The molecule has 2 N–H and O–H groups in total. The van der Waals surface area contributed by atoms with Crippen LogP contribution in [0.25, 0.3) is 10.4 Å². The first-order valence-electron chi connectivity index (χ1n) is 7.03. The molecule has 2 aromatic heterocycles. The highest BCUT2D eigenvalue weighted by Crippen LogP contribution is 2.26. The molecule has 23 heavy (non-hydrogen) atoms. The number of hydroxylamine groups is 1. The molecule has 0 spiro atoms. The lowest BCUT2D eigenvalue weighted by atomic mass is 10.1. The summed E-state index contributed by atoms with van der Waals surface area (Å²) < 4.78 is 0. The second-order valence-corrected chi connectivity index (χ2v) is 5.71. The third-order valence-electron chi connectivity index (χ3n) is 3.05. The lowest BCUT2D eigenvalue weighted by molar-refractivity contribution is 0.0534. The zero-order chi connectivity index (χ0) is 15.9. The van der Waals surface area contributed by atoms with Crippen LogP contribution in [0.5, 0.6) is 0 Å². The molecule has 0 aliphatic heterocycles. The van der Waals surface area contributed by atoms with E-state index in [1.54, 1.807) is 23.7 Å². The number of amides is 2. The summed E-state index contributed by atoms with van der Waals surface area (Å²) in [5.41, 5.74) is 5.01. The Morgan fingerprint density at radius 3 is 2.91 bits per heavy atom. The number of nitrogens with one attached hydrogen (secondary N) is 2. The second kappa shape index (κ2) is 7.53. The van der Waals surface area contributed by atoms with E-state index in [1.165, 1.54) is 0 Å². The zero-order valence-corrected chi connectivity index (χ0v) is 13.0. The Morgan fingerprint density at radius 1 is 1.17 bits per heavy atom. The minimum atomic E-state index is -0.419. The van der Waals surface area contributed by atoms with Gasteiger partial charge in [0.05, 0.1) is 0 Å². The molecule has 3 aromatic rings. The van der Waals surface area contributed by atoms with Crippen molar-refractivity contribution in [2.24, 2.45) is 0 Å². The van der Waals surface area contributed by atoms with Crippen LogP contribution in [-0.2, 0) is 11.4 Å². The SMILES string of the molecule is O=C(NOCc1cccnc1)Nc1cccc(-c2cccs2)c1. The highest BCUT2D eigenvalue weighted by molar-refractivity contribution is 7.13. The molecule has 0 bridgehead atoms.